The van der Waals surface area contributed by atoms with Gasteiger partial charge in [-0.3, -0.25) is 4.99 Å². The molecule has 1 unspecified atom stereocenters. The summed E-state index contributed by atoms with van der Waals surface area (Å²) in [5.41, 5.74) is 0.252. The molecule has 0 aromatic carbocycles. The molecule has 1 heterocycles. The van der Waals surface area contributed by atoms with Crippen molar-refractivity contribution in [1.82, 2.24) is 10.6 Å². The number of aliphatic imine (C=N–C) groups is 1. The summed E-state index contributed by atoms with van der Waals surface area (Å²) < 4.78 is 10.3. The largest absolute Gasteiger partial charge is 0.383 e. The lowest BCUT2D eigenvalue weighted by Crippen LogP contribution is -2.52. The predicted octanol–water partition coefficient (Wildman–Crippen LogP) is 0.841. The SMILES string of the molecule is CN=C(NCC1(C)COC1)NC(C)COC.I. The van der Waals surface area contributed by atoms with Gasteiger partial charge in [0, 0.05) is 32.2 Å². The van der Waals surface area contributed by atoms with E-state index in [-0.39, 0.29) is 35.4 Å². The molecule has 1 rings (SSSR count). The quantitative estimate of drug-likeness (QED) is 0.435. The fraction of sp³-hybridized carbons (Fsp3) is 0.909. The van der Waals surface area contributed by atoms with E-state index in [1.165, 1.54) is 0 Å². The number of ether oxygens (including phenoxy) is 2. The minimum Gasteiger partial charge on any atom is -0.383 e. The molecule has 0 aromatic heterocycles. The van der Waals surface area contributed by atoms with Gasteiger partial charge in [0.25, 0.3) is 0 Å². The Balaban J connectivity index is 0.00000256. The molecule has 5 nitrogen and oxygen atoms in total. The van der Waals surface area contributed by atoms with Gasteiger partial charge in [0.15, 0.2) is 5.96 Å². The molecule has 0 radical (unpaired) electrons. The molecule has 0 bridgehead atoms. The van der Waals surface area contributed by atoms with E-state index in [1.807, 2.05) is 0 Å². The van der Waals surface area contributed by atoms with Crippen LogP contribution in [-0.4, -0.2) is 52.5 Å². The van der Waals surface area contributed by atoms with Crippen LogP contribution >= 0.6 is 24.0 Å². The lowest BCUT2D eigenvalue weighted by Gasteiger charge is -2.38. The van der Waals surface area contributed by atoms with E-state index in [2.05, 4.69) is 29.5 Å². The Morgan fingerprint density at radius 1 is 1.53 bits per heavy atom. The second-order valence-corrected chi connectivity index (χ2v) is 4.73. The molecule has 17 heavy (non-hydrogen) atoms. The molecular weight excluding hydrogens is 333 g/mol. The molecule has 6 heteroatoms. The number of guanidine groups is 1. The normalized spacial score (nSPS) is 19.9. The van der Waals surface area contributed by atoms with Crippen LogP contribution in [0, 0.1) is 5.41 Å². The van der Waals surface area contributed by atoms with Crippen LogP contribution < -0.4 is 10.6 Å². The van der Waals surface area contributed by atoms with Crippen LogP contribution in [0.5, 0.6) is 0 Å². The molecular formula is C11H24IN3O2. The van der Waals surface area contributed by atoms with Crippen LogP contribution in [0.4, 0.5) is 0 Å². The minimum absolute atomic E-state index is 0. The maximum Gasteiger partial charge on any atom is 0.191 e. The molecule has 1 fully saturated rings. The Hall–Kier alpha value is -0.0800. The van der Waals surface area contributed by atoms with E-state index in [9.17, 15) is 0 Å². The van der Waals surface area contributed by atoms with Gasteiger partial charge in [0.1, 0.15) is 0 Å². The van der Waals surface area contributed by atoms with Gasteiger partial charge in [-0.2, -0.15) is 0 Å². The third-order valence-corrected chi connectivity index (χ3v) is 2.61. The summed E-state index contributed by atoms with van der Waals surface area (Å²) in [6.45, 7) is 7.46. The molecule has 1 atom stereocenters. The molecule has 102 valence electrons. The lowest BCUT2D eigenvalue weighted by molar-refractivity contribution is -0.0971. The van der Waals surface area contributed by atoms with Crippen molar-refractivity contribution in [2.24, 2.45) is 10.4 Å². The highest BCUT2D eigenvalue weighted by Crippen LogP contribution is 2.24. The molecule has 0 saturated carbocycles. The van der Waals surface area contributed by atoms with E-state index < -0.39 is 0 Å². The lowest BCUT2D eigenvalue weighted by atomic mass is 9.89. The minimum atomic E-state index is 0. The smallest absolute Gasteiger partial charge is 0.191 e. The van der Waals surface area contributed by atoms with Crippen molar-refractivity contribution in [3.8, 4) is 0 Å². The highest BCUT2D eigenvalue weighted by atomic mass is 127. The van der Waals surface area contributed by atoms with E-state index in [0.717, 1.165) is 25.7 Å². The maximum atomic E-state index is 5.20. The average Bonchev–Trinajstić information content (AvgIpc) is 2.21. The van der Waals surface area contributed by atoms with Crippen molar-refractivity contribution < 1.29 is 9.47 Å². The number of halogens is 1. The van der Waals surface area contributed by atoms with E-state index >= 15 is 0 Å². The van der Waals surface area contributed by atoms with Crippen LogP contribution in [0.15, 0.2) is 4.99 Å². The fourth-order valence-corrected chi connectivity index (χ4v) is 1.57. The van der Waals surface area contributed by atoms with Gasteiger partial charge >= 0.3 is 0 Å². The summed E-state index contributed by atoms with van der Waals surface area (Å²) >= 11 is 0. The first-order valence-electron chi connectivity index (χ1n) is 5.63. The molecule has 0 aliphatic carbocycles. The predicted molar refractivity (Wildman–Crippen MR) is 80.2 cm³/mol. The Morgan fingerprint density at radius 3 is 2.59 bits per heavy atom. The van der Waals surface area contributed by atoms with Gasteiger partial charge in [-0.15, -0.1) is 24.0 Å². The number of hydrogen-bond donors (Lipinski definition) is 2. The zero-order valence-corrected chi connectivity index (χ0v) is 13.4. The molecule has 0 spiro atoms. The first-order chi connectivity index (χ1) is 7.59. The van der Waals surface area contributed by atoms with E-state index in [1.54, 1.807) is 14.2 Å². The Kier molecular flexibility index (Phi) is 8.06. The molecule has 1 saturated heterocycles. The van der Waals surface area contributed by atoms with Crippen molar-refractivity contribution in [3.05, 3.63) is 0 Å². The first kappa shape index (κ1) is 16.9. The summed E-state index contributed by atoms with van der Waals surface area (Å²) in [5, 5.41) is 6.57. The van der Waals surface area contributed by atoms with Crippen LogP contribution in [0.2, 0.25) is 0 Å². The number of methoxy groups -OCH3 is 1. The average molecular weight is 357 g/mol. The van der Waals surface area contributed by atoms with Crippen LogP contribution in [0.25, 0.3) is 0 Å². The third-order valence-electron chi connectivity index (χ3n) is 2.61. The zero-order chi connectivity index (χ0) is 12.0. The van der Waals surface area contributed by atoms with Crippen molar-refractivity contribution in [2.45, 2.75) is 19.9 Å². The summed E-state index contributed by atoms with van der Waals surface area (Å²) in [4.78, 5) is 4.17. The monoisotopic (exact) mass is 357 g/mol. The van der Waals surface area contributed by atoms with E-state index in [0.29, 0.717) is 6.61 Å². The van der Waals surface area contributed by atoms with Gasteiger partial charge in [0.2, 0.25) is 0 Å². The Bertz CT molecular complexity index is 245. The van der Waals surface area contributed by atoms with Crippen LogP contribution in [0.1, 0.15) is 13.8 Å². The highest BCUT2D eigenvalue weighted by molar-refractivity contribution is 14.0. The highest BCUT2D eigenvalue weighted by Gasteiger charge is 2.33. The van der Waals surface area contributed by atoms with Gasteiger partial charge in [0.05, 0.1) is 19.8 Å². The summed E-state index contributed by atoms with van der Waals surface area (Å²) in [7, 11) is 3.47. The van der Waals surface area contributed by atoms with Crippen molar-refractivity contribution in [1.29, 1.82) is 0 Å². The summed E-state index contributed by atoms with van der Waals surface area (Å²) in [5.74, 6) is 0.817. The fourth-order valence-electron chi connectivity index (χ4n) is 1.57. The third kappa shape index (κ3) is 5.87. The second kappa shape index (κ2) is 8.10. The van der Waals surface area contributed by atoms with Gasteiger partial charge in [-0.25, -0.2) is 0 Å². The van der Waals surface area contributed by atoms with Crippen molar-refractivity contribution in [3.63, 3.8) is 0 Å². The van der Waals surface area contributed by atoms with Gasteiger partial charge < -0.3 is 20.1 Å². The van der Waals surface area contributed by atoms with Crippen LogP contribution in [-0.2, 0) is 9.47 Å². The molecule has 1 aliphatic rings. The molecule has 1 aliphatic heterocycles. The standard InChI is InChI=1S/C11H23N3O2.HI/c1-9(5-15-4)14-10(12-3)13-6-11(2)7-16-8-11;/h9H,5-8H2,1-4H3,(H2,12,13,14);1H. The molecule has 2 N–H and O–H groups in total. The number of nitrogens with zero attached hydrogens (tertiary/aromatic N) is 1. The van der Waals surface area contributed by atoms with E-state index in [4.69, 9.17) is 9.47 Å². The Labute approximate surface area is 121 Å². The number of rotatable bonds is 5. The molecule has 0 aromatic rings. The van der Waals surface area contributed by atoms with Gasteiger partial charge in [-0.05, 0) is 6.92 Å². The molecule has 0 amide bonds. The van der Waals surface area contributed by atoms with Gasteiger partial charge in [-0.1, -0.05) is 6.92 Å². The number of hydrogen-bond acceptors (Lipinski definition) is 3. The topological polar surface area (TPSA) is 54.9 Å². The summed E-state index contributed by atoms with van der Waals surface area (Å²) in [6.07, 6.45) is 0. The van der Waals surface area contributed by atoms with Crippen molar-refractivity contribution >= 4 is 29.9 Å². The second-order valence-electron chi connectivity index (χ2n) is 4.73. The van der Waals surface area contributed by atoms with Crippen LogP contribution in [0.3, 0.4) is 0 Å². The van der Waals surface area contributed by atoms with Crippen molar-refractivity contribution in [2.75, 3.05) is 40.5 Å². The Morgan fingerprint density at radius 2 is 2.18 bits per heavy atom. The number of nitrogens with one attached hydrogen (secondary N) is 2. The summed E-state index contributed by atoms with van der Waals surface area (Å²) in [6, 6.07) is 0.252. The maximum absolute atomic E-state index is 5.20. The zero-order valence-electron chi connectivity index (χ0n) is 11.1. The first-order valence-corrected chi connectivity index (χ1v) is 5.63.